The van der Waals surface area contributed by atoms with Crippen LogP contribution in [0.2, 0.25) is 0 Å². The fraction of sp³-hybridized carbons (Fsp3) is 0.353. The zero-order valence-corrected chi connectivity index (χ0v) is 14.1. The number of H-pyrrole nitrogens is 1. The number of nitrogens with zero attached hydrogens (tertiary/aromatic N) is 2. The van der Waals surface area contributed by atoms with E-state index in [1.807, 2.05) is 26.0 Å². The van der Waals surface area contributed by atoms with Crippen LogP contribution < -0.4 is 21.9 Å². The molecule has 0 bridgehead atoms. The van der Waals surface area contributed by atoms with Crippen molar-refractivity contribution in [3.8, 4) is 0 Å². The summed E-state index contributed by atoms with van der Waals surface area (Å²) >= 11 is 0. The summed E-state index contributed by atoms with van der Waals surface area (Å²) in [7, 11) is 1.47. The number of carbonyl (C=O) groups is 1. The van der Waals surface area contributed by atoms with Crippen molar-refractivity contribution in [1.82, 2.24) is 9.55 Å². The number of hydrogen-bond acceptors (Lipinski definition) is 4. The number of rotatable bonds is 5. The minimum absolute atomic E-state index is 0.000150. The number of amides is 1. The predicted octanol–water partition coefficient (Wildman–Crippen LogP) is 1.50. The van der Waals surface area contributed by atoms with Gasteiger partial charge in [-0.1, -0.05) is 31.0 Å². The number of aryl methyl sites for hydroxylation is 1. The van der Waals surface area contributed by atoms with Gasteiger partial charge in [-0.15, -0.1) is 0 Å². The molecule has 24 heavy (non-hydrogen) atoms. The highest BCUT2D eigenvalue weighted by atomic mass is 16.2. The molecule has 1 heterocycles. The Kier molecular flexibility index (Phi) is 5.23. The molecule has 128 valence electrons. The molecule has 0 unspecified atom stereocenters. The average molecular weight is 330 g/mol. The molecular weight excluding hydrogens is 308 g/mol. The van der Waals surface area contributed by atoms with Gasteiger partial charge < -0.3 is 10.6 Å². The Morgan fingerprint density at radius 1 is 1.25 bits per heavy atom. The topological polar surface area (TPSA) is 101 Å². The maximum atomic E-state index is 12.6. The van der Waals surface area contributed by atoms with Gasteiger partial charge in [0.15, 0.2) is 5.69 Å². The van der Waals surface area contributed by atoms with E-state index in [0.29, 0.717) is 12.1 Å². The third-order valence-corrected chi connectivity index (χ3v) is 3.89. The normalized spacial score (nSPS) is 10.6. The second-order valence-corrected chi connectivity index (χ2v) is 5.73. The number of carbonyl (C=O) groups excluding carboxylic acids is 1. The molecule has 0 atom stereocenters. The molecule has 0 radical (unpaired) electrons. The fourth-order valence-corrected chi connectivity index (χ4v) is 2.43. The molecule has 1 aromatic heterocycles. The SMILES string of the molecule is CCCCn1c(N)c(N(C)C(=O)c2ccc(C)cc2)c(=O)[nH]c1=O. The molecule has 0 saturated carbocycles. The van der Waals surface area contributed by atoms with Crippen LogP contribution in [0.1, 0.15) is 35.7 Å². The zero-order valence-electron chi connectivity index (χ0n) is 14.1. The first-order valence-electron chi connectivity index (χ1n) is 7.84. The van der Waals surface area contributed by atoms with Crippen molar-refractivity contribution in [2.24, 2.45) is 0 Å². The Labute approximate surface area is 139 Å². The number of nitrogens with two attached hydrogens (primary N) is 1. The maximum Gasteiger partial charge on any atom is 0.330 e. The Bertz CT molecular complexity index is 850. The van der Waals surface area contributed by atoms with Gasteiger partial charge >= 0.3 is 5.69 Å². The van der Waals surface area contributed by atoms with E-state index in [1.165, 1.54) is 16.5 Å². The summed E-state index contributed by atoms with van der Waals surface area (Å²) in [5.41, 5.74) is 6.23. The van der Waals surface area contributed by atoms with Gasteiger partial charge in [-0.05, 0) is 25.5 Å². The number of anilines is 2. The van der Waals surface area contributed by atoms with Crippen LogP contribution in [-0.2, 0) is 6.54 Å². The van der Waals surface area contributed by atoms with Crippen LogP contribution in [0.3, 0.4) is 0 Å². The van der Waals surface area contributed by atoms with Crippen molar-refractivity contribution in [2.45, 2.75) is 33.2 Å². The Balaban J connectivity index is 2.46. The lowest BCUT2D eigenvalue weighted by atomic mass is 10.1. The molecule has 7 nitrogen and oxygen atoms in total. The Morgan fingerprint density at radius 3 is 2.46 bits per heavy atom. The van der Waals surface area contributed by atoms with Crippen molar-refractivity contribution in [2.75, 3.05) is 17.7 Å². The van der Waals surface area contributed by atoms with E-state index in [-0.39, 0.29) is 17.4 Å². The number of aromatic nitrogens is 2. The molecular formula is C17H22N4O3. The van der Waals surface area contributed by atoms with Gasteiger partial charge in [0.05, 0.1) is 0 Å². The number of benzene rings is 1. The van der Waals surface area contributed by atoms with Crippen molar-refractivity contribution < 1.29 is 4.79 Å². The fourth-order valence-electron chi connectivity index (χ4n) is 2.43. The minimum atomic E-state index is -0.673. The van der Waals surface area contributed by atoms with Gasteiger partial charge in [-0.25, -0.2) is 4.79 Å². The molecule has 0 aliphatic carbocycles. The molecule has 2 rings (SSSR count). The number of hydrogen-bond donors (Lipinski definition) is 2. The first-order valence-corrected chi connectivity index (χ1v) is 7.84. The van der Waals surface area contributed by atoms with Gasteiger partial charge in [0.1, 0.15) is 5.82 Å². The summed E-state index contributed by atoms with van der Waals surface area (Å²) in [6.07, 6.45) is 1.61. The summed E-state index contributed by atoms with van der Waals surface area (Å²) in [4.78, 5) is 40.1. The number of aromatic amines is 1. The monoisotopic (exact) mass is 330 g/mol. The van der Waals surface area contributed by atoms with Gasteiger partial charge in [-0.2, -0.15) is 0 Å². The van der Waals surface area contributed by atoms with E-state index in [1.54, 1.807) is 12.1 Å². The molecule has 0 fully saturated rings. The summed E-state index contributed by atoms with van der Waals surface area (Å²) in [5, 5.41) is 0. The lowest BCUT2D eigenvalue weighted by Gasteiger charge is -2.20. The summed E-state index contributed by atoms with van der Waals surface area (Å²) in [6, 6.07) is 7.00. The molecule has 2 aromatic rings. The minimum Gasteiger partial charge on any atom is -0.383 e. The van der Waals surface area contributed by atoms with Crippen molar-refractivity contribution in [3.63, 3.8) is 0 Å². The highest BCUT2D eigenvalue weighted by molar-refractivity contribution is 6.06. The third-order valence-electron chi connectivity index (χ3n) is 3.89. The lowest BCUT2D eigenvalue weighted by Crippen LogP contribution is -2.39. The molecule has 7 heteroatoms. The van der Waals surface area contributed by atoms with Crippen LogP contribution in [0.4, 0.5) is 11.5 Å². The molecule has 1 aromatic carbocycles. The van der Waals surface area contributed by atoms with E-state index in [9.17, 15) is 14.4 Å². The second-order valence-electron chi connectivity index (χ2n) is 5.73. The number of unbranched alkanes of at least 4 members (excludes halogenated alkanes) is 1. The van der Waals surface area contributed by atoms with Crippen molar-refractivity contribution >= 4 is 17.4 Å². The molecule has 0 saturated heterocycles. The summed E-state index contributed by atoms with van der Waals surface area (Å²) in [5.74, 6) is -0.368. The molecule has 0 spiro atoms. The maximum absolute atomic E-state index is 12.6. The van der Waals surface area contributed by atoms with Gasteiger partial charge in [0.25, 0.3) is 11.5 Å². The van der Waals surface area contributed by atoms with E-state index in [4.69, 9.17) is 5.73 Å². The van der Waals surface area contributed by atoms with Crippen LogP contribution in [0.15, 0.2) is 33.9 Å². The highest BCUT2D eigenvalue weighted by Crippen LogP contribution is 2.18. The van der Waals surface area contributed by atoms with Crippen molar-refractivity contribution in [3.05, 3.63) is 56.2 Å². The first kappa shape index (κ1) is 17.5. The summed E-state index contributed by atoms with van der Waals surface area (Å²) < 4.78 is 1.29. The second kappa shape index (κ2) is 7.16. The summed E-state index contributed by atoms with van der Waals surface area (Å²) in [6.45, 7) is 4.29. The van der Waals surface area contributed by atoms with Crippen LogP contribution in [-0.4, -0.2) is 22.5 Å². The number of nitrogen functional groups attached to an aromatic ring is 1. The molecule has 0 aliphatic rings. The van der Waals surface area contributed by atoms with Gasteiger partial charge in [0.2, 0.25) is 0 Å². The van der Waals surface area contributed by atoms with Gasteiger partial charge in [-0.3, -0.25) is 19.1 Å². The quantitative estimate of drug-likeness (QED) is 0.867. The van der Waals surface area contributed by atoms with Crippen LogP contribution >= 0.6 is 0 Å². The largest absolute Gasteiger partial charge is 0.383 e. The highest BCUT2D eigenvalue weighted by Gasteiger charge is 2.21. The van der Waals surface area contributed by atoms with Crippen LogP contribution in [0, 0.1) is 6.92 Å². The standard InChI is InChI=1S/C17H22N4O3/c1-4-5-10-21-14(18)13(15(22)19-17(21)24)20(3)16(23)12-8-6-11(2)7-9-12/h6-9H,4-5,10,18H2,1-3H3,(H,19,22,24). The smallest absolute Gasteiger partial charge is 0.330 e. The van der Waals surface area contributed by atoms with Gasteiger partial charge in [0, 0.05) is 19.2 Å². The van der Waals surface area contributed by atoms with E-state index in [2.05, 4.69) is 4.98 Å². The van der Waals surface area contributed by atoms with Crippen LogP contribution in [0.25, 0.3) is 0 Å². The Morgan fingerprint density at radius 2 is 1.88 bits per heavy atom. The number of nitrogens with one attached hydrogen (secondary N) is 1. The predicted molar refractivity (Wildman–Crippen MR) is 94.6 cm³/mol. The van der Waals surface area contributed by atoms with Crippen LogP contribution in [0.5, 0.6) is 0 Å². The third kappa shape index (κ3) is 3.40. The lowest BCUT2D eigenvalue weighted by molar-refractivity contribution is 0.0992. The van der Waals surface area contributed by atoms with E-state index >= 15 is 0 Å². The average Bonchev–Trinajstić information content (AvgIpc) is 2.54. The van der Waals surface area contributed by atoms with E-state index in [0.717, 1.165) is 18.4 Å². The molecule has 0 aliphatic heterocycles. The molecule has 3 N–H and O–H groups in total. The van der Waals surface area contributed by atoms with E-state index < -0.39 is 11.2 Å². The van der Waals surface area contributed by atoms with Crippen molar-refractivity contribution in [1.29, 1.82) is 0 Å². The zero-order chi connectivity index (χ0) is 17.9. The molecule has 1 amide bonds. The Hall–Kier alpha value is -2.83. The first-order chi connectivity index (χ1) is 11.4.